The molecule has 0 bridgehead atoms. The lowest BCUT2D eigenvalue weighted by Crippen LogP contribution is -2.15. The number of aromatic nitrogens is 1. The van der Waals surface area contributed by atoms with Gasteiger partial charge in [0.1, 0.15) is 0 Å². The molecule has 0 N–H and O–H groups in total. The normalized spacial score (nSPS) is 12.5. The van der Waals surface area contributed by atoms with Crippen molar-refractivity contribution < 1.29 is 0 Å². The summed E-state index contributed by atoms with van der Waals surface area (Å²) in [4.78, 5) is 2.45. The van der Waals surface area contributed by atoms with E-state index in [1.165, 1.54) is 94.1 Å². The molecular formula is C69H50N2. The van der Waals surface area contributed by atoms with E-state index in [4.69, 9.17) is 0 Å². The Kier molecular flexibility index (Phi) is 10.2. The van der Waals surface area contributed by atoms with Crippen LogP contribution in [0.25, 0.3) is 94.3 Å². The molecule has 0 saturated heterocycles. The quantitative estimate of drug-likeness (QED) is 0.140. The van der Waals surface area contributed by atoms with Crippen LogP contribution in [-0.4, -0.2) is 4.57 Å². The summed E-state index contributed by atoms with van der Waals surface area (Å²) in [6.07, 6.45) is 0. The third-order valence-corrected chi connectivity index (χ3v) is 14.7. The van der Waals surface area contributed by atoms with Gasteiger partial charge in [-0.2, -0.15) is 0 Å². The zero-order valence-electron chi connectivity index (χ0n) is 39.8. The van der Waals surface area contributed by atoms with Gasteiger partial charge in [-0.25, -0.2) is 0 Å². The third kappa shape index (κ3) is 7.44. The molecule has 1 heterocycles. The second-order valence-corrected chi connectivity index (χ2v) is 19.4. The van der Waals surface area contributed by atoms with Gasteiger partial charge in [0.15, 0.2) is 0 Å². The highest BCUT2D eigenvalue weighted by Gasteiger charge is 2.35. The van der Waals surface area contributed by atoms with Gasteiger partial charge in [0, 0.05) is 38.9 Å². The summed E-state index contributed by atoms with van der Waals surface area (Å²) < 4.78 is 2.44. The molecule has 0 unspecified atom stereocenters. The summed E-state index contributed by atoms with van der Waals surface area (Å²) in [5.74, 6) is 0. The fourth-order valence-corrected chi connectivity index (χ4v) is 11.2. The zero-order chi connectivity index (χ0) is 47.5. The monoisotopic (exact) mass is 906 g/mol. The topological polar surface area (TPSA) is 8.17 Å². The van der Waals surface area contributed by atoms with Crippen LogP contribution in [0.2, 0.25) is 0 Å². The van der Waals surface area contributed by atoms with E-state index in [9.17, 15) is 0 Å². The molecule has 0 radical (unpaired) electrons. The van der Waals surface area contributed by atoms with Crippen LogP contribution in [0.4, 0.5) is 17.1 Å². The predicted molar refractivity (Wildman–Crippen MR) is 300 cm³/mol. The van der Waals surface area contributed by atoms with E-state index in [1.54, 1.807) is 0 Å². The lowest BCUT2D eigenvalue weighted by Gasteiger charge is -2.28. The maximum absolute atomic E-state index is 2.45. The van der Waals surface area contributed by atoms with Crippen molar-refractivity contribution in [2.45, 2.75) is 19.3 Å². The highest BCUT2D eigenvalue weighted by Crippen LogP contribution is 2.51. The molecule has 0 saturated carbocycles. The average molecular weight is 907 g/mol. The van der Waals surface area contributed by atoms with Crippen molar-refractivity contribution in [3.05, 3.63) is 278 Å². The van der Waals surface area contributed by atoms with Crippen molar-refractivity contribution in [3.63, 3.8) is 0 Å². The Morgan fingerprint density at radius 3 is 1.32 bits per heavy atom. The lowest BCUT2D eigenvalue weighted by molar-refractivity contribution is 0.660. The molecule has 0 spiro atoms. The van der Waals surface area contributed by atoms with Gasteiger partial charge in [0.2, 0.25) is 0 Å². The van der Waals surface area contributed by atoms with E-state index in [0.29, 0.717) is 0 Å². The second-order valence-electron chi connectivity index (χ2n) is 19.4. The molecule has 336 valence electrons. The summed E-state index contributed by atoms with van der Waals surface area (Å²) in [6, 6.07) is 98.0. The number of benzene rings is 11. The smallest absolute Gasteiger partial charge is 0.0541 e. The first-order valence-electron chi connectivity index (χ1n) is 24.7. The Morgan fingerprint density at radius 2 is 0.732 bits per heavy atom. The van der Waals surface area contributed by atoms with Crippen LogP contribution in [0.5, 0.6) is 0 Å². The molecule has 1 aliphatic rings. The number of hydrogen-bond donors (Lipinski definition) is 0. The number of anilines is 3. The lowest BCUT2D eigenvalue weighted by atomic mass is 9.82. The van der Waals surface area contributed by atoms with Gasteiger partial charge in [-0.3, -0.25) is 0 Å². The predicted octanol–water partition coefficient (Wildman–Crippen LogP) is 18.9. The molecule has 1 aromatic heterocycles. The van der Waals surface area contributed by atoms with E-state index in [1.807, 2.05) is 0 Å². The van der Waals surface area contributed by atoms with Crippen LogP contribution in [-0.2, 0) is 5.41 Å². The van der Waals surface area contributed by atoms with Gasteiger partial charge in [-0.05, 0) is 157 Å². The van der Waals surface area contributed by atoms with E-state index in [0.717, 1.165) is 28.3 Å². The Morgan fingerprint density at radius 1 is 0.282 bits per heavy atom. The van der Waals surface area contributed by atoms with Gasteiger partial charge in [0.05, 0.1) is 11.0 Å². The highest BCUT2D eigenvalue weighted by molar-refractivity contribution is 6.10. The van der Waals surface area contributed by atoms with Crippen molar-refractivity contribution >= 4 is 38.9 Å². The second kappa shape index (κ2) is 17.2. The molecule has 2 heteroatoms. The van der Waals surface area contributed by atoms with Crippen LogP contribution in [0.3, 0.4) is 0 Å². The standard InChI is InChI=1S/C69H50N2/c1-69(2)65-29-17-15-27-61(65)63-46-58(36-37-66(63)69)70(59-41-53(47-19-7-3-8-20-47)39-54(42-59)48-21-9-4-10-22-48)57-34-31-51(32-35-57)52-33-38-68-64(45-52)62-28-16-18-30-67(62)71(68)60-43-55(49-23-11-5-12-24-49)40-56(44-60)50-25-13-6-14-26-50/h3-46H,1-2H3. The Hall–Kier alpha value is -8.98. The summed E-state index contributed by atoms with van der Waals surface area (Å²) in [5.41, 5.74) is 23.9. The number of para-hydroxylation sites is 1. The van der Waals surface area contributed by atoms with E-state index < -0.39 is 0 Å². The largest absolute Gasteiger partial charge is 0.310 e. The minimum Gasteiger partial charge on any atom is -0.310 e. The third-order valence-electron chi connectivity index (χ3n) is 14.7. The first kappa shape index (κ1) is 42.1. The Labute approximate surface area is 416 Å². The Bertz CT molecular complexity index is 3810. The SMILES string of the molecule is CC1(C)c2ccccc2-c2cc(N(c3ccc(-c4ccc5c(c4)c4ccccc4n5-c4cc(-c5ccccc5)cc(-c5ccccc5)c4)cc3)c3cc(-c4ccccc4)cc(-c4ccccc4)c3)ccc21. The van der Waals surface area contributed by atoms with Crippen LogP contribution in [0.1, 0.15) is 25.0 Å². The van der Waals surface area contributed by atoms with Crippen molar-refractivity contribution in [1.29, 1.82) is 0 Å². The van der Waals surface area contributed by atoms with Gasteiger partial charge in [-0.15, -0.1) is 0 Å². The fourth-order valence-electron chi connectivity index (χ4n) is 11.2. The van der Waals surface area contributed by atoms with Gasteiger partial charge >= 0.3 is 0 Å². The van der Waals surface area contributed by atoms with Gasteiger partial charge < -0.3 is 9.47 Å². The highest BCUT2D eigenvalue weighted by atomic mass is 15.1. The molecule has 12 aromatic rings. The van der Waals surface area contributed by atoms with Crippen LogP contribution in [0, 0.1) is 0 Å². The molecular weight excluding hydrogens is 857 g/mol. The number of nitrogens with zero attached hydrogens (tertiary/aromatic N) is 2. The van der Waals surface area contributed by atoms with Gasteiger partial charge in [0.25, 0.3) is 0 Å². The maximum atomic E-state index is 2.45. The van der Waals surface area contributed by atoms with Crippen molar-refractivity contribution in [3.8, 4) is 72.4 Å². The molecule has 1 aliphatic carbocycles. The molecule has 0 atom stereocenters. The molecule has 0 fully saturated rings. The summed E-state index contributed by atoms with van der Waals surface area (Å²) in [6.45, 7) is 4.70. The number of hydrogen-bond acceptors (Lipinski definition) is 1. The fraction of sp³-hybridized carbons (Fsp3) is 0.0435. The van der Waals surface area contributed by atoms with Crippen LogP contribution >= 0.6 is 0 Å². The summed E-state index contributed by atoms with van der Waals surface area (Å²) in [5, 5.41) is 2.45. The molecule has 0 amide bonds. The zero-order valence-corrected chi connectivity index (χ0v) is 39.8. The molecule has 13 rings (SSSR count). The molecule has 71 heavy (non-hydrogen) atoms. The minimum atomic E-state index is -0.0879. The van der Waals surface area contributed by atoms with Crippen LogP contribution < -0.4 is 4.90 Å². The van der Waals surface area contributed by atoms with Gasteiger partial charge in [-0.1, -0.05) is 202 Å². The average Bonchev–Trinajstić information content (AvgIpc) is 3.89. The summed E-state index contributed by atoms with van der Waals surface area (Å²) in [7, 11) is 0. The number of fused-ring (bicyclic) bond motifs is 6. The number of rotatable bonds is 9. The van der Waals surface area contributed by atoms with E-state index >= 15 is 0 Å². The van der Waals surface area contributed by atoms with E-state index in [-0.39, 0.29) is 5.41 Å². The van der Waals surface area contributed by atoms with Crippen molar-refractivity contribution in [2.75, 3.05) is 4.90 Å². The van der Waals surface area contributed by atoms with Crippen molar-refractivity contribution in [1.82, 2.24) is 4.57 Å². The first-order valence-corrected chi connectivity index (χ1v) is 24.7. The molecule has 2 nitrogen and oxygen atoms in total. The Balaban J connectivity index is 0.949. The van der Waals surface area contributed by atoms with Crippen LogP contribution in [0.15, 0.2) is 267 Å². The maximum Gasteiger partial charge on any atom is 0.0541 e. The van der Waals surface area contributed by atoms with E-state index in [2.05, 4.69) is 290 Å². The molecule has 0 aliphatic heterocycles. The molecule has 11 aromatic carbocycles. The first-order chi connectivity index (χ1) is 34.9. The summed E-state index contributed by atoms with van der Waals surface area (Å²) >= 11 is 0. The van der Waals surface area contributed by atoms with Crippen molar-refractivity contribution in [2.24, 2.45) is 0 Å². The minimum absolute atomic E-state index is 0.0879.